The second-order valence-electron chi connectivity index (χ2n) is 7.27. The summed E-state index contributed by atoms with van der Waals surface area (Å²) in [6.45, 7) is 6.69. The van der Waals surface area contributed by atoms with Crippen molar-refractivity contribution in [3.63, 3.8) is 0 Å². The molecule has 0 unspecified atom stereocenters. The van der Waals surface area contributed by atoms with Crippen LogP contribution in [0, 0.1) is 6.92 Å². The van der Waals surface area contributed by atoms with Gasteiger partial charge in [-0.3, -0.25) is 9.59 Å². The average molecular weight is 364 g/mol. The van der Waals surface area contributed by atoms with Gasteiger partial charge in [0.2, 0.25) is 5.91 Å². The zero-order valence-corrected chi connectivity index (χ0v) is 15.8. The summed E-state index contributed by atoms with van der Waals surface area (Å²) in [5.41, 5.74) is 2.56. The number of carbonyl (C=O) groups excluding carboxylic acids is 2. The molecule has 0 spiro atoms. The average Bonchev–Trinajstić information content (AvgIpc) is 3.31. The van der Waals surface area contributed by atoms with Gasteiger partial charge in [0.25, 0.3) is 5.91 Å². The van der Waals surface area contributed by atoms with Crippen LogP contribution < -0.4 is 0 Å². The molecule has 2 amide bonds. The van der Waals surface area contributed by atoms with Gasteiger partial charge < -0.3 is 14.4 Å². The number of rotatable bonds is 3. The number of carbonyl (C=O) groups is 2. The van der Waals surface area contributed by atoms with Crippen LogP contribution in [0.2, 0.25) is 0 Å². The Morgan fingerprint density at radius 2 is 1.96 bits per heavy atom. The summed E-state index contributed by atoms with van der Waals surface area (Å²) in [6.07, 6.45) is 6.28. The van der Waals surface area contributed by atoms with Crippen molar-refractivity contribution in [1.82, 2.24) is 19.4 Å². The quantitative estimate of drug-likeness (QED) is 0.786. The van der Waals surface area contributed by atoms with Crippen molar-refractivity contribution in [3.8, 4) is 0 Å². The van der Waals surface area contributed by atoms with Gasteiger partial charge in [-0.2, -0.15) is 0 Å². The van der Waals surface area contributed by atoms with Gasteiger partial charge >= 0.3 is 0 Å². The topological polar surface area (TPSA) is 58.4 Å². The molecule has 0 fully saturated rings. The van der Waals surface area contributed by atoms with Crippen LogP contribution in [-0.2, 0) is 17.8 Å². The van der Waals surface area contributed by atoms with Crippen LogP contribution in [0.25, 0.3) is 0 Å². The van der Waals surface area contributed by atoms with E-state index in [1.165, 1.54) is 0 Å². The molecule has 27 heavy (non-hydrogen) atoms. The highest BCUT2D eigenvalue weighted by atomic mass is 16.2. The van der Waals surface area contributed by atoms with E-state index in [4.69, 9.17) is 0 Å². The largest absolute Gasteiger partial charge is 0.335 e. The first-order valence-electron chi connectivity index (χ1n) is 9.39. The molecule has 6 heteroatoms. The first-order valence-corrected chi connectivity index (χ1v) is 9.39. The molecule has 6 nitrogen and oxygen atoms in total. The molecular weight excluding hydrogens is 340 g/mol. The van der Waals surface area contributed by atoms with Gasteiger partial charge in [0.05, 0.1) is 18.2 Å². The Morgan fingerprint density at radius 3 is 2.70 bits per heavy atom. The van der Waals surface area contributed by atoms with Gasteiger partial charge in [-0.1, -0.05) is 29.8 Å². The first kappa shape index (κ1) is 17.5. The summed E-state index contributed by atoms with van der Waals surface area (Å²) in [6, 6.07) is 7.56. The van der Waals surface area contributed by atoms with Crippen molar-refractivity contribution in [2.75, 3.05) is 19.6 Å². The van der Waals surface area contributed by atoms with Crippen molar-refractivity contribution in [1.29, 1.82) is 0 Å². The van der Waals surface area contributed by atoms with Gasteiger partial charge in [0.1, 0.15) is 5.82 Å². The lowest BCUT2D eigenvalue weighted by atomic mass is 10.1. The molecule has 3 heterocycles. The van der Waals surface area contributed by atoms with Crippen molar-refractivity contribution in [2.24, 2.45) is 0 Å². The Bertz CT molecular complexity index is 907. The van der Waals surface area contributed by atoms with Crippen molar-refractivity contribution >= 4 is 11.8 Å². The molecule has 1 aromatic carbocycles. The summed E-state index contributed by atoms with van der Waals surface area (Å²) in [7, 11) is 0. The Hall–Kier alpha value is -2.89. The van der Waals surface area contributed by atoms with E-state index in [0.29, 0.717) is 38.2 Å². The normalized spacial score (nSPS) is 18.7. The van der Waals surface area contributed by atoms with Gasteiger partial charge in [0.15, 0.2) is 0 Å². The first-order chi connectivity index (χ1) is 13.0. The molecule has 0 bridgehead atoms. The second-order valence-corrected chi connectivity index (χ2v) is 7.27. The van der Waals surface area contributed by atoms with Crippen molar-refractivity contribution < 1.29 is 9.59 Å². The number of hydrogen-bond donors (Lipinski definition) is 0. The molecule has 0 aliphatic carbocycles. The Morgan fingerprint density at radius 1 is 1.19 bits per heavy atom. The lowest BCUT2D eigenvalue weighted by Gasteiger charge is -2.33. The molecular formula is C21H24N4O2. The molecule has 2 aromatic rings. The highest BCUT2D eigenvalue weighted by molar-refractivity contribution is 5.94. The number of benzene rings is 1. The minimum atomic E-state index is -0.121. The molecule has 2 aliphatic heterocycles. The predicted octanol–water partition coefficient (Wildman–Crippen LogP) is 2.35. The fraction of sp³-hybridized carbons (Fsp3) is 0.381. The zero-order chi connectivity index (χ0) is 19.0. The van der Waals surface area contributed by atoms with Crippen LogP contribution in [0.3, 0.4) is 0 Å². The number of nitrogens with zero attached hydrogens (tertiary/aromatic N) is 4. The molecule has 1 aromatic heterocycles. The van der Waals surface area contributed by atoms with E-state index in [1.54, 1.807) is 0 Å². The number of aryl methyl sites for hydroxylation is 1. The highest BCUT2D eigenvalue weighted by Gasteiger charge is 2.30. The van der Waals surface area contributed by atoms with E-state index in [0.717, 1.165) is 17.1 Å². The zero-order valence-electron chi connectivity index (χ0n) is 15.8. The van der Waals surface area contributed by atoms with E-state index in [9.17, 15) is 9.59 Å². The summed E-state index contributed by atoms with van der Waals surface area (Å²) >= 11 is 0. The third-order valence-electron chi connectivity index (χ3n) is 5.31. The molecule has 2 aliphatic rings. The number of amides is 2. The third kappa shape index (κ3) is 3.39. The van der Waals surface area contributed by atoms with Crippen molar-refractivity contribution in [2.45, 2.75) is 32.9 Å². The molecule has 140 valence electrons. The van der Waals surface area contributed by atoms with E-state index in [2.05, 4.69) is 9.55 Å². The SMILES string of the molecule is Cc1cccc(C(=O)N2CCn3cc(CC(=O)N4CC=CC4)nc3[C@H]2C)c1. The van der Waals surface area contributed by atoms with Crippen LogP contribution in [0.5, 0.6) is 0 Å². The van der Waals surface area contributed by atoms with Gasteiger partial charge in [0, 0.05) is 37.9 Å². The summed E-state index contributed by atoms with van der Waals surface area (Å²) in [4.78, 5) is 33.7. The summed E-state index contributed by atoms with van der Waals surface area (Å²) in [5.74, 6) is 0.974. The Labute approximate surface area is 159 Å². The highest BCUT2D eigenvalue weighted by Crippen LogP contribution is 2.26. The van der Waals surface area contributed by atoms with Crippen molar-refractivity contribution in [3.05, 3.63) is 65.3 Å². The minimum Gasteiger partial charge on any atom is -0.335 e. The van der Waals surface area contributed by atoms with Crippen LogP contribution in [0.4, 0.5) is 0 Å². The Balaban J connectivity index is 1.50. The summed E-state index contributed by atoms with van der Waals surface area (Å²) < 4.78 is 2.08. The van der Waals surface area contributed by atoms with Gasteiger partial charge in [-0.05, 0) is 26.0 Å². The van der Waals surface area contributed by atoms with E-state index < -0.39 is 0 Å². The number of fused-ring (bicyclic) bond motifs is 1. The van der Waals surface area contributed by atoms with Crippen LogP contribution in [0.15, 0.2) is 42.6 Å². The fourth-order valence-corrected chi connectivity index (χ4v) is 3.80. The lowest BCUT2D eigenvalue weighted by molar-refractivity contribution is -0.129. The molecule has 0 saturated heterocycles. The molecule has 4 rings (SSSR count). The van der Waals surface area contributed by atoms with E-state index in [1.807, 2.05) is 66.3 Å². The van der Waals surface area contributed by atoms with Crippen LogP contribution in [-0.4, -0.2) is 50.8 Å². The fourth-order valence-electron chi connectivity index (χ4n) is 3.80. The maximum Gasteiger partial charge on any atom is 0.254 e. The molecule has 0 N–H and O–H groups in total. The monoisotopic (exact) mass is 364 g/mol. The Kier molecular flexibility index (Phi) is 4.56. The van der Waals surface area contributed by atoms with E-state index >= 15 is 0 Å². The molecule has 0 saturated carbocycles. The van der Waals surface area contributed by atoms with Gasteiger partial charge in [-0.15, -0.1) is 0 Å². The third-order valence-corrected chi connectivity index (χ3v) is 5.31. The van der Waals surface area contributed by atoms with Gasteiger partial charge in [-0.25, -0.2) is 4.98 Å². The number of imidazole rings is 1. The van der Waals surface area contributed by atoms with Crippen LogP contribution in [0.1, 0.15) is 40.4 Å². The van der Waals surface area contributed by atoms with Crippen LogP contribution >= 0.6 is 0 Å². The smallest absolute Gasteiger partial charge is 0.254 e. The maximum atomic E-state index is 13.0. The predicted molar refractivity (Wildman–Crippen MR) is 102 cm³/mol. The maximum absolute atomic E-state index is 13.0. The lowest BCUT2D eigenvalue weighted by Crippen LogP contribution is -2.41. The summed E-state index contributed by atoms with van der Waals surface area (Å²) in [5, 5.41) is 0. The number of hydrogen-bond acceptors (Lipinski definition) is 3. The number of aromatic nitrogens is 2. The van der Waals surface area contributed by atoms with E-state index in [-0.39, 0.29) is 17.9 Å². The molecule has 1 atom stereocenters. The standard InChI is InChI=1S/C21H24N4O2/c1-15-6-5-7-17(12-15)21(27)25-11-10-24-14-18(22-20(24)16(25)2)13-19(26)23-8-3-4-9-23/h3-7,12,14,16H,8-11,13H2,1-2H3/t16-/m1/s1. The second kappa shape index (κ2) is 7.02. The minimum absolute atomic E-state index is 0.0289. The molecule has 0 radical (unpaired) electrons.